The Labute approximate surface area is 103 Å². The monoisotopic (exact) mass is 238 g/mol. The first-order valence-corrected chi connectivity index (χ1v) is 5.89. The van der Waals surface area contributed by atoms with Crippen molar-refractivity contribution in [3.05, 3.63) is 30.3 Å². The van der Waals surface area contributed by atoms with Crippen molar-refractivity contribution in [1.29, 1.82) is 0 Å². The molecule has 2 aliphatic rings. The molecule has 1 aromatic carbocycles. The smallest absolute Gasteiger partial charge is 0.0366 e. The molecular formula is C13H19ClN2. The van der Waals surface area contributed by atoms with Gasteiger partial charge in [0.1, 0.15) is 0 Å². The molecule has 2 saturated heterocycles. The molecule has 1 N–H and O–H groups in total. The third kappa shape index (κ3) is 2.04. The Morgan fingerprint density at radius 3 is 2.50 bits per heavy atom. The highest BCUT2D eigenvalue weighted by Gasteiger charge is 2.43. The fourth-order valence-electron chi connectivity index (χ4n) is 2.89. The molecule has 2 heterocycles. The quantitative estimate of drug-likeness (QED) is 0.808. The molecule has 0 radical (unpaired) electrons. The summed E-state index contributed by atoms with van der Waals surface area (Å²) in [6.45, 7) is 4.91. The summed E-state index contributed by atoms with van der Waals surface area (Å²) < 4.78 is 0. The largest absolute Gasteiger partial charge is 0.370 e. The average Bonchev–Trinajstić information content (AvgIpc) is 2.28. The maximum Gasteiger partial charge on any atom is 0.0366 e. The van der Waals surface area contributed by atoms with Gasteiger partial charge in [-0.1, -0.05) is 18.2 Å². The molecule has 3 rings (SSSR count). The van der Waals surface area contributed by atoms with E-state index in [9.17, 15) is 0 Å². The van der Waals surface area contributed by atoms with Gasteiger partial charge in [-0.25, -0.2) is 0 Å². The van der Waals surface area contributed by atoms with Crippen LogP contribution in [0.1, 0.15) is 12.8 Å². The van der Waals surface area contributed by atoms with Crippen LogP contribution in [-0.4, -0.2) is 26.2 Å². The lowest BCUT2D eigenvalue weighted by Crippen LogP contribution is -2.62. The van der Waals surface area contributed by atoms with Crippen LogP contribution in [0.15, 0.2) is 30.3 Å². The number of hydrogen-bond donors (Lipinski definition) is 1. The molecule has 2 nitrogen and oxygen atoms in total. The van der Waals surface area contributed by atoms with Gasteiger partial charge in [0.25, 0.3) is 0 Å². The number of piperidine rings is 1. The summed E-state index contributed by atoms with van der Waals surface area (Å²) in [7, 11) is 0. The van der Waals surface area contributed by atoms with E-state index in [-0.39, 0.29) is 12.4 Å². The third-order valence-electron chi connectivity index (χ3n) is 3.73. The van der Waals surface area contributed by atoms with E-state index in [0.29, 0.717) is 5.41 Å². The maximum atomic E-state index is 3.52. The van der Waals surface area contributed by atoms with Gasteiger partial charge in [0.15, 0.2) is 0 Å². The molecular weight excluding hydrogens is 220 g/mol. The first kappa shape index (κ1) is 11.7. The molecule has 0 saturated carbocycles. The van der Waals surface area contributed by atoms with E-state index in [1.807, 2.05) is 0 Å². The normalized spacial score (nSPS) is 22.4. The lowest BCUT2D eigenvalue weighted by atomic mass is 9.74. The Kier molecular flexibility index (Phi) is 3.41. The van der Waals surface area contributed by atoms with Crippen molar-refractivity contribution in [3.8, 4) is 0 Å². The van der Waals surface area contributed by atoms with Crippen LogP contribution in [0.25, 0.3) is 0 Å². The van der Waals surface area contributed by atoms with Crippen LogP contribution < -0.4 is 10.2 Å². The molecule has 1 aromatic rings. The van der Waals surface area contributed by atoms with Crippen molar-refractivity contribution in [3.63, 3.8) is 0 Å². The van der Waals surface area contributed by atoms with Crippen LogP contribution in [0.4, 0.5) is 5.69 Å². The van der Waals surface area contributed by atoms with E-state index in [4.69, 9.17) is 0 Å². The van der Waals surface area contributed by atoms with E-state index < -0.39 is 0 Å². The fourth-order valence-corrected chi connectivity index (χ4v) is 2.89. The van der Waals surface area contributed by atoms with Crippen molar-refractivity contribution < 1.29 is 0 Å². The van der Waals surface area contributed by atoms with Crippen LogP contribution in [0.5, 0.6) is 0 Å². The number of hydrogen-bond acceptors (Lipinski definition) is 2. The highest BCUT2D eigenvalue weighted by Crippen LogP contribution is 2.38. The average molecular weight is 239 g/mol. The van der Waals surface area contributed by atoms with Gasteiger partial charge >= 0.3 is 0 Å². The Morgan fingerprint density at radius 2 is 1.88 bits per heavy atom. The van der Waals surface area contributed by atoms with Gasteiger partial charge in [-0.3, -0.25) is 0 Å². The van der Waals surface area contributed by atoms with Crippen molar-refractivity contribution in [1.82, 2.24) is 5.32 Å². The zero-order valence-electron chi connectivity index (χ0n) is 9.48. The maximum absolute atomic E-state index is 3.52. The topological polar surface area (TPSA) is 15.3 Å². The molecule has 88 valence electrons. The van der Waals surface area contributed by atoms with Crippen LogP contribution in [0, 0.1) is 5.41 Å². The summed E-state index contributed by atoms with van der Waals surface area (Å²) in [4.78, 5) is 2.49. The molecule has 0 unspecified atom stereocenters. The van der Waals surface area contributed by atoms with Crippen molar-refractivity contribution >= 4 is 18.1 Å². The standard InChI is InChI=1S/C13H18N2.ClH/c1-2-5-12(6-3-1)15-10-13(11-15)7-4-8-14-9-13;/h1-3,5-6,14H,4,7-11H2;1H. The number of para-hydroxylation sites is 1. The van der Waals surface area contributed by atoms with E-state index in [1.54, 1.807) is 0 Å². The molecule has 0 aliphatic carbocycles. The van der Waals surface area contributed by atoms with Crippen molar-refractivity contribution in [2.45, 2.75) is 12.8 Å². The molecule has 0 amide bonds. The van der Waals surface area contributed by atoms with Gasteiger partial charge in [-0.2, -0.15) is 0 Å². The fraction of sp³-hybridized carbons (Fsp3) is 0.538. The Morgan fingerprint density at radius 1 is 1.12 bits per heavy atom. The number of benzene rings is 1. The number of nitrogens with zero attached hydrogens (tertiary/aromatic N) is 1. The summed E-state index contributed by atoms with van der Waals surface area (Å²) in [6, 6.07) is 10.8. The lowest BCUT2D eigenvalue weighted by Gasteiger charge is -2.53. The highest BCUT2D eigenvalue weighted by molar-refractivity contribution is 5.85. The number of anilines is 1. The molecule has 0 atom stereocenters. The van der Waals surface area contributed by atoms with Crippen molar-refractivity contribution in [2.75, 3.05) is 31.1 Å². The number of nitrogens with one attached hydrogen (secondary N) is 1. The summed E-state index contributed by atoms with van der Waals surface area (Å²) >= 11 is 0. The van der Waals surface area contributed by atoms with Gasteiger partial charge in [-0.15, -0.1) is 12.4 Å². The predicted molar refractivity (Wildman–Crippen MR) is 70.4 cm³/mol. The molecule has 1 spiro atoms. The molecule has 0 aromatic heterocycles. The molecule has 2 aliphatic heterocycles. The van der Waals surface area contributed by atoms with Gasteiger partial charge in [0, 0.05) is 30.7 Å². The SMILES string of the molecule is Cl.c1ccc(N2CC3(CCCNC3)C2)cc1. The van der Waals surface area contributed by atoms with Crippen LogP contribution in [-0.2, 0) is 0 Å². The van der Waals surface area contributed by atoms with Gasteiger partial charge in [0.05, 0.1) is 0 Å². The van der Waals surface area contributed by atoms with E-state index in [2.05, 4.69) is 40.5 Å². The third-order valence-corrected chi connectivity index (χ3v) is 3.73. The first-order valence-electron chi connectivity index (χ1n) is 5.89. The van der Waals surface area contributed by atoms with Crippen LogP contribution >= 0.6 is 12.4 Å². The molecule has 2 fully saturated rings. The zero-order valence-corrected chi connectivity index (χ0v) is 10.3. The second kappa shape index (κ2) is 4.64. The van der Waals surface area contributed by atoms with Crippen LogP contribution in [0.2, 0.25) is 0 Å². The second-order valence-electron chi connectivity index (χ2n) is 4.97. The second-order valence-corrected chi connectivity index (χ2v) is 4.97. The van der Waals surface area contributed by atoms with Gasteiger partial charge in [-0.05, 0) is 31.5 Å². The highest BCUT2D eigenvalue weighted by atomic mass is 35.5. The van der Waals surface area contributed by atoms with Gasteiger partial charge < -0.3 is 10.2 Å². The van der Waals surface area contributed by atoms with Gasteiger partial charge in [0.2, 0.25) is 0 Å². The minimum absolute atomic E-state index is 0. The summed E-state index contributed by atoms with van der Waals surface area (Å²) in [6.07, 6.45) is 2.76. The molecule has 16 heavy (non-hydrogen) atoms. The Bertz CT molecular complexity index is 325. The number of rotatable bonds is 1. The zero-order chi connectivity index (χ0) is 10.1. The van der Waals surface area contributed by atoms with E-state index in [0.717, 1.165) is 0 Å². The summed E-state index contributed by atoms with van der Waals surface area (Å²) in [5, 5.41) is 3.52. The Balaban J connectivity index is 0.000000963. The van der Waals surface area contributed by atoms with Crippen LogP contribution in [0.3, 0.4) is 0 Å². The summed E-state index contributed by atoms with van der Waals surface area (Å²) in [5.74, 6) is 0. The lowest BCUT2D eigenvalue weighted by molar-refractivity contribution is 0.157. The van der Waals surface area contributed by atoms with Crippen molar-refractivity contribution in [2.24, 2.45) is 5.41 Å². The molecule has 3 heteroatoms. The Hall–Kier alpha value is -0.730. The van der Waals surface area contributed by atoms with E-state index >= 15 is 0 Å². The number of halogens is 1. The minimum Gasteiger partial charge on any atom is -0.370 e. The first-order chi connectivity index (χ1) is 7.38. The molecule has 0 bridgehead atoms. The van der Waals surface area contributed by atoms with E-state index in [1.165, 1.54) is 44.7 Å². The summed E-state index contributed by atoms with van der Waals surface area (Å²) in [5.41, 5.74) is 1.97. The predicted octanol–water partition coefficient (Wildman–Crippen LogP) is 2.30. The minimum atomic E-state index is 0.